The van der Waals surface area contributed by atoms with E-state index in [4.69, 9.17) is 0 Å². The molecule has 0 fully saturated rings. The number of nitrogens with one attached hydrogen (secondary N) is 1. The van der Waals surface area contributed by atoms with Gasteiger partial charge in [-0.3, -0.25) is 0 Å². The summed E-state index contributed by atoms with van der Waals surface area (Å²) in [7, 11) is -2.92. The van der Waals surface area contributed by atoms with Crippen molar-refractivity contribution in [1.29, 1.82) is 0 Å². The normalized spacial score (nSPS) is 13.7. The van der Waals surface area contributed by atoms with E-state index in [1.807, 2.05) is 12.1 Å². The van der Waals surface area contributed by atoms with E-state index < -0.39 is 9.84 Å². The van der Waals surface area contributed by atoms with Crippen LogP contribution in [0.4, 0.5) is 0 Å². The molecule has 5 heteroatoms. The first-order chi connectivity index (χ1) is 9.28. The number of benzene rings is 1. The fourth-order valence-corrected chi connectivity index (χ4v) is 3.18. The molecule has 0 bridgehead atoms. The third-order valence-electron chi connectivity index (χ3n) is 3.10. The highest BCUT2D eigenvalue weighted by Gasteiger charge is 2.15. The van der Waals surface area contributed by atoms with E-state index in [1.54, 1.807) is 0 Å². The summed E-state index contributed by atoms with van der Waals surface area (Å²) in [4.78, 5) is 0. The summed E-state index contributed by atoms with van der Waals surface area (Å²) in [6.45, 7) is 6.09. The Morgan fingerprint density at radius 1 is 1.25 bits per heavy atom. The molecule has 20 heavy (non-hydrogen) atoms. The third kappa shape index (κ3) is 7.41. The minimum atomic E-state index is -2.92. The Morgan fingerprint density at radius 3 is 2.50 bits per heavy atom. The first-order valence-corrected chi connectivity index (χ1v) is 9.77. The molecule has 1 aromatic carbocycles. The largest absolute Gasteiger partial charge is 0.316 e. The van der Waals surface area contributed by atoms with E-state index >= 15 is 0 Å². The molecule has 0 aliphatic heterocycles. The van der Waals surface area contributed by atoms with Crippen molar-refractivity contribution in [1.82, 2.24) is 5.32 Å². The highest BCUT2D eigenvalue weighted by atomic mass is 79.9. The maximum atomic E-state index is 11.4. The average molecular weight is 362 g/mol. The lowest BCUT2D eigenvalue weighted by molar-refractivity contribution is 0.507. The highest BCUT2D eigenvalue weighted by Crippen LogP contribution is 2.23. The summed E-state index contributed by atoms with van der Waals surface area (Å²) < 4.78 is 23.8. The predicted molar refractivity (Wildman–Crippen MR) is 88.9 cm³/mol. The van der Waals surface area contributed by atoms with Crippen LogP contribution in [0.3, 0.4) is 0 Å². The van der Waals surface area contributed by atoms with Crippen LogP contribution in [-0.4, -0.2) is 33.5 Å². The number of rotatable bonds is 8. The lowest BCUT2D eigenvalue weighted by Crippen LogP contribution is -2.26. The van der Waals surface area contributed by atoms with Gasteiger partial charge in [0.05, 0.1) is 5.75 Å². The van der Waals surface area contributed by atoms with Crippen LogP contribution in [0.2, 0.25) is 0 Å². The van der Waals surface area contributed by atoms with Crippen LogP contribution >= 0.6 is 15.9 Å². The van der Waals surface area contributed by atoms with Gasteiger partial charge in [-0.25, -0.2) is 8.42 Å². The maximum Gasteiger partial charge on any atom is 0.147 e. The molecular formula is C15H24BrNO2S. The van der Waals surface area contributed by atoms with Gasteiger partial charge in [-0.2, -0.15) is 0 Å². The Kier molecular flexibility index (Phi) is 7.20. The minimum Gasteiger partial charge on any atom is -0.316 e. The fourth-order valence-electron chi connectivity index (χ4n) is 2.05. The van der Waals surface area contributed by atoms with Crippen molar-refractivity contribution in [2.24, 2.45) is 5.92 Å². The van der Waals surface area contributed by atoms with Gasteiger partial charge in [0, 0.05) is 17.3 Å². The molecule has 1 rings (SSSR count). The van der Waals surface area contributed by atoms with Gasteiger partial charge in [0.1, 0.15) is 9.84 Å². The molecule has 0 radical (unpaired) electrons. The molecule has 114 valence electrons. The lowest BCUT2D eigenvalue weighted by atomic mass is 9.96. The number of sulfone groups is 1. The third-order valence-corrected chi connectivity index (χ3v) is 4.57. The first-order valence-electron chi connectivity index (χ1n) is 6.92. The SMILES string of the molecule is CC(C)CNCC(CCS(C)(=O)=O)c1cccc(Br)c1. The van der Waals surface area contributed by atoms with Crippen LogP contribution in [0, 0.1) is 5.92 Å². The zero-order valence-electron chi connectivity index (χ0n) is 12.4. The van der Waals surface area contributed by atoms with Gasteiger partial charge in [-0.15, -0.1) is 0 Å². The second-order valence-corrected chi connectivity index (χ2v) is 8.90. The fraction of sp³-hybridized carbons (Fsp3) is 0.600. The molecule has 0 aromatic heterocycles. The van der Waals surface area contributed by atoms with E-state index in [0.29, 0.717) is 12.3 Å². The number of halogens is 1. The molecule has 0 aliphatic carbocycles. The van der Waals surface area contributed by atoms with E-state index in [0.717, 1.165) is 17.6 Å². The summed E-state index contributed by atoms with van der Waals surface area (Å²) in [6, 6.07) is 8.12. The molecule has 0 aliphatic rings. The van der Waals surface area contributed by atoms with Crippen LogP contribution in [0.15, 0.2) is 28.7 Å². The zero-order valence-corrected chi connectivity index (χ0v) is 14.8. The van der Waals surface area contributed by atoms with Crippen molar-refractivity contribution < 1.29 is 8.42 Å². The number of hydrogen-bond acceptors (Lipinski definition) is 3. The monoisotopic (exact) mass is 361 g/mol. The van der Waals surface area contributed by atoms with Crippen molar-refractivity contribution >= 4 is 25.8 Å². The van der Waals surface area contributed by atoms with Crippen molar-refractivity contribution in [2.45, 2.75) is 26.2 Å². The molecule has 0 saturated heterocycles. The maximum absolute atomic E-state index is 11.4. The van der Waals surface area contributed by atoms with Crippen LogP contribution in [0.1, 0.15) is 31.7 Å². The summed E-state index contributed by atoms with van der Waals surface area (Å²) in [6.07, 6.45) is 1.95. The van der Waals surface area contributed by atoms with Gasteiger partial charge in [-0.1, -0.05) is 41.9 Å². The number of hydrogen-bond donors (Lipinski definition) is 1. The molecule has 1 unspecified atom stereocenters. The van der Waals surface area contributed by atoms with E-state index in [-0.39, 0.29) is 11.7 Å². The predicted octanol–water partition coefficient (Wildman–Crippen LogP) is 3.21. The second kappa shape index (κ2) is 8.15. The van der Waals surface area contributed by atoms with E-state index in [1.165, 1.54) is 11.8 Å². The van der Waals surface area contributed by atoms with Crippen molar-refractivity contribution in [3.63, 3.8) is 0 Å². The van der Waals surface area contributed by atoms with Crippen molar-refractivity contribution in [3.05, 3.63) is 34.3 Å². The standard InChI is InChI=1S/C15H24BrNO2S/c1-12(2)10-17-11-14(7-8-20(3,18)19)13-5-4-6-15(16)9-13/h4-6,9,12,14,17H,7-8,10-11H2,1-3H3. The van der Waals surface area contributed by atoms with Gasteiger partial charge in [0.25, 0.3) is 0 Å². The minimum absolute atomic E-state index is 0.223. The zero-order chi connectivity index (χ0) is 15.2. The molecule has 1 aromatic rings. The topological polar surface area (TPSA) is 46.2 Å². The van der Waals surface area contributed by atoms with Gasteiger partial charge >= 0.3 is 0 Å². The summed E-state index contributed by atoms with van der Waals surface area (Å²) >= 11 is 3.47. The van der Waals surface area contributed by atoms with Gasteiger partial charge < -0.3 is 5.32 Å². The van der Waals surface area contributed by atoms with Gasteiger partial charge in [0.2, 0.25) is 0 Å². The van der Waals surface area contributed by atoms with Crippen LogP contribution < -0.4 is 5.32 Å². The lowest BCUT2D eigenvalue weighted by Gasteiger charge is -2.19. The quantitative estimate of drug-likeness (QED) is 0.773. The Balaban J connectivity index is 2.73. The van der Waals surface area contributed by atoms with Crippen LogP contribution in [-0.2, 0) is 9.84 Å². The molecule has 1 N–H and O–H groups in total. The molecular weight excluding hydrogens is 338 g/mol. The van der Waals surface area contributed by atoms with Crippen molar-refractivity contribution in [2.75, 3.05) is 25.1 Å². The Hall–Kier alpha value is -0.390. The van der Waals surface area contributed by atoms with Crippen LogP contribution in [0.5, 0.6) is 0 Å². The first kappa shape index (κ1) is 17.7. The van der Waals surface area contributed by atoms with Crippen molar-refractivity contribution in [3.8, 4) is 0 Å². The van der Waals surface area contributed by atoms with E-state index in [2.05, 4.69) is 47.2 Å². The molecule has 0 heterocycles. The van der Waals surface area contributed by atoms with Crippen LogP contribution in [0.25, 0.3) is 0 Å². The molecule has 1 atom stereocenters. The highest BCUT2D eigenvalue weighted by molar-refractivity contribution is 9.10. The second-order valence-electron chi connectivity index (χ2n) is 5.72. The Labute approximate surface area is 131 Å². The Bertz CT molecular complexity index is 514. The summed E-state index contributed by atoms with van der Waals surface area (Å²) in [5.74, 6) is 1.04. The molecule has 0 saturated carbocycles. The summed E-state index contributed by atoms with van der Waals surface area (Å²) in [5.41, 5.74) is 1.18. The smallest absolute Gasteiger partial charge is 0.147 e. The van der Waals surface area contributed by atoms with Gasteiger partial charge in [-0.05, 0) is 42.5 Å². The Morgan fingerprint density at radius 2 is 1.95 bits per heavy atom. The van der Waals surface area contributed by atoms with Gasteiger partial charge in [0.15, 0.2) is 0 Å². The average Bonchev–Trinajstić information content (AvgIpc) is 2.31. The molecule has 0 spiro atoms. The molecule has 3 nitrogen and oxygen atoms in total. The summed E-state index contributed by atoms with van der Waals surface area (Å²) in [5, 5.41) is 3.43. The van der Waals surface area contributed by atoms with E-state index in [9.17, 15) is 8.42 Å². The molecule has 0 amide bonds.